The Morgan fingerprint density at radius 2 is 2.22 bits per heavy atom. The molecule has 1 heterocycles. The molecule has 0 atom stereocenters. The van der Waals surface area contributed by atoms with Crippen LogP contribution in [0.4, 0.5) is 0 Å². The van der Waals surface area contributed by atoms with Gasteiger partial charge in [-0.2, -0.15) is 5.10 Å². The molecule has 3 N–H and O–H groups in total. The second kappa shape index (κ2) is 5.88. The van der Waals surface area contributed by atoms with Crippen LogP contribution in [0.1, 0.15) is 12.0 Å². The molecule has 0 fully saturated rings. The van der Waals surface area contributed by atoms with Gasteiger partial charge in [0, 0.05) is 6.42 Å². The molecule has 0 saturated carbocycles. The lowest BCUT2D eigenvalue weighted by molar-refractivity contribution is 0.297. The minimum Gasteiger partial charge on any atom is -0.489 e. The lowest BCUT2D eigenvalue weighted by Crippen LogP contribution is -2.23. The van der Waals surface area contributed by atoms with E-state index in [1.54, 1.807) is 18.3 Å². The highest BCUT2D eigenvalue weighted by molar-refractivity contribution is 7.80. The van der Waals surface area contributed by atoms with E-state index in [2.05, 4.69) is 22.7 Å². The molecule has 1 aliphatic heterocycles. The largest absolute Gasteiger partial charge is 0.489 e. The molecule has 7 heteroatoms. The third kappa shape index (κ3) is 3.24. The number of hydrazone groups is 1. The highest BCUT2D eigenvalue weighted by atomic mass is 35.5. The summed E-state index contributed by atoms with van der Waals surface area (Å²) in [5.41, 5.74) is 8.49. The van der Waals surface area contributed by atoms with E-state index >= 15 is 0 Å². The zero-order chi connectivity index (χ0) is 13.0. The number of thiocarbonyl (C=S) groups is 1. The van der Waals surface area contributed by atoms with Gasteiger partial charge in [-0.1, -0.05) is 11.6 Å². The van der Waals surface area contributed by atoms with Crippen LogP contribution < -0.4 is 20.6 Å². The maximum absolute atomic E-state index is 6.12. The predicted molar refractivity (Wildman–Crippen MR) is 74.6 cm³/mol. The van der Waals surface area contributed by atoms with Crippen molar-refractivity contribution in [3.05, 3.63) is 22.7 Å². The number of nitrogens with two attached hydrogens (primary N) is 1. The van der Waals surface area contributed by atoms with Crippen molar-refractivity contribution in [1.29, 1.82) is 0 Å². The van der Waals surface area contributed by atoms with E-state index in [0.717, 1.165) is 12.0 Å². The van der Waals surface area contributed by atoms with Crippen molar-refractivity contribution in [2.24, 2.45) is 10.8 Å². The SMILES string of the molecule is NC(=S)NN=Cc1cc(Cl)c2c(c1)OCCCO2. The average molecular weight is 286 g/mol. The molecule has 1 aliphatic rings. The molecule has 1 aromatic carbocycles. The molecule has 0 amide bonds. The fraction of sp³-hybridized carbons (Fsp3) is 0.273. The number of hydrogen-bond donors (Lipinski definition) is 2. The normalized spacial score (nSPS) is 14.3. The average Bonchev–Trinajstić information content (AvgIpc) is 2.54. The summed E-state index contributed by atoms with van der Waals surface area (Å²) in [6.07, 6.45) is 2.39. The van der Waals surface area contributed by atoms with E-state index in [1.165, 1.54) is 0 Å². The molecule has 96 valence electrons. The van der Waals surface area contributed by atoms with Gasteiger partial charge in [-0.15, -0.1) is 0 Å². The standard InChI is InChI=1S/C11H12ClN3O2S/c12-8-4-7(6-14-15-11(13)18)5-9-10(8)17-3-1-2-16-9/h4-6H,1-3H2,(H3,13,15,18). The number of halogens is 1. The first-order valence-electron chi connectivity index (χ1n) is 5.34. The van der Waals surface area contributed by atoms with Crippen LogP contribution in [0.2, 0.25) is 5.02 Å². The molecule has 0 saturated heterocycles. The summed E-state index contributed by atoms with van der Waals surface area (Å²) >= 11 is 10.8. The van der Waals surface area contributed by atoms with Crippen molar-refractivity contribution in [3.63, 3.8) is 0 Å². The summed E-state index contributed by atoms with van der Waals surface area (Å²) in [5, 5.41) is 4.45. The van der Waals surface area contributed by atoms with Gasteiger partial charge >= 0.3 is 0 Å². The number of hydrogen-bond acceptors (Lipinski definition) is 4. The number of rotatable bonds is 2. The Labute approximate surface area is 115 Å². The van der Waals surface area contributed by atoms with Crippen molar-refractivity contribution >= 4 is 35.1 Å². The summed E-state index contributed by atoms with van der Waals surface area (Å²) in [6.45, 7) is 1.21. The quantitative estimate of drug-likeness (QED) is 0.491. The molecule has 0 radical (unpaired) electrons. The van der Waals surface area contributed by atoms with Crippen molar-refractivity contribution in [1.82, 2.24) is 5.43 Å². The van der Waals surface area contributed by atoms with Gasteiger partial charge in [0.15, 0.2) is 16.6 Å². The van der Waals surface area contributed by atoms with Crippen LogP contribution >= 0.6 is 23.8 Å². The predicted octanol–water partition coefficient (Wildman–Crippen LogP) is 1.67. The number of fused-ring (bicyclic) bond motifs is 1. The maximum atomic E-state index is 6.12. The Balaban J connectivity index is 2.23. The van der Waals surface area contributed by atoms with Crippen molar-refractivity contribution in [3.8, 4) is 11.5 Å². The van der Waals surface area contributed by atoms with Crippen LogP contribution in [0, 0.1) is 0 Å². The van der Waals surface area contributed by atoms with Gasteiger partial charge in [0.1, 0.15) is 0 Å². The number of nitrogens with one attached hydrogen (secondary N) is 1. The van der Waals surface area contributed by atoms with Gasteiger partial charge in [0.25, 0.3) is 0 Å². The number of ether oxygens (including phenoxy) is 2. The summed E-state index contributed by atoms with van der Waals surface area (Å²) in [6, 6.07) is 3.54. The molecule has 0 unspecified atom stereocenters. The molecule has 0 aliphatic carbocycles. The van der Waals surface area contributed by atoms with E-state index in [4.69, 9.17) is 26.8 Å². The van der Waals surface area contributed by atoms with Gasteiger partial charge in [-0.3, -0.25) is 5.43 Å². The van der Waals surface area contributed by atoms with Gasteiger partial charge < -0.3 is 15.2 Å². The van der Waals surface area contributed by atoms with Crippen LogP contribution in [-0.4, -0.2) is 24.5 Å². The first-order valence-corrected chi connectivity index (χ1v) is 6.13. The number of benzene rings is 1. The highest BCUT2D eigenvalue weighted by Crippen LogP contribution is 2.37. The summed E-state index contributed by atoms with van der Waals surface area (Å²) < 4.78 is 11.1. The van der Waals surface area contributed by atoms with Crippen molar-refractivity contribution < 1.29 is 9.47 Å². The van der Waals surface area contributed by atoms with Crippen LogP contribution in [0.15, 0.2) is 17.2 Å². The van der Waals surface area contributed by atoms with Crippen LogP contribution in [0.5, 0.6) is 11.5 Å². The van der Waals surface area contributed by atoms with E-state index in [1.807, 2.05) is 0 Å². The number of nitrogens with zero attached hydrogens (tertiary/aromatic N) is 1. The second-order valence-electron chi connectivity index (χ2n) is 3.61. The van der Waals surface area contributed by atoms with Gasteiger partial charge in [0.05, 0.1) is 24.5 Å². The Kier molecular flexibility index (Phi) is 4.22. The molecular weight excluding hydrogens is 274 g/mol. The lowest BCUT2D eigenvalue weighted by atomic mass is 10.2. The molecule has 0 spiro atoms. The zero-order valence-corrected chi connectivity index (χ0v) is 11.1. The first-order chi connectivity index (χ1) is 8.66. The Bertz CT molecular complexity index is 493. The van der Waals surface area contributed by atoms with Crippen LogP contribution in [0.3, 0.4) is 0 Å². The first kappa shape index (κ1) is 12.9. The molecule has 0 bridgehead atoms. The minimum absolute atomic E-state index is 0.103. The van der Waals surface area contributed by atoms with Crippen LogP contribution in [-0.2, 0) is 0 Å². The smallest absolute Gasteiger partial charge is 0.184 e. The lowest BCUT2D eigenvalue weighted by Gasteiger charge is -2.09. The molecular formula is C11H12ClN3O2S. The van der Waals surface area contributed by atoms with Crippen molar-refractivity contribution in [2.75, 3.05) is 13.2 Å². The zero-order valence-electron chi connectivity index (χ0n) is 9.48. The van der Waals surface area contributed by atoms with E-state index in [9.17, 15) is 0 Å². The third-order valence-electron chi connectivity index (χ3n) is 2.21. The molecule has 2 rings (SSSR count). The van der Waals surface area contributed by atoms with Gasteiger partial charge in [-0.05, 0) is 29.9 Å². The Hall–Kier alpha value is -1.53. The maximum Gasteiger partial charge on any atom is 0.184 e. The van der Waals surface area contributed by atoms with Gasteiger partial charge in [0.2, 0.25) is 0 Å². The molecule has 1 aromatic rings. The second-order valence-corrected chi connectivity index (χ2v) is 4.46. The van der Waals surface area contributed by atoms with Crippen LogP contribution in [0.25, 0.3) is 0 Å². The highest BCUT2D eigenvalue weighted by Gasteiger charge is 2.14. The minimum atomic E-state index is 0.103. The van der Waals surface area contributed by atoms with Gasteiger partial charge in [-0.25, -0.2) is 0 Å². The molecule has 0 aromatic heterocycles. The Morgan fingerprint density at radius 3 is 3.00 bits per heavy atom. The summed E-state index contributed by atoms with van der Waals surface area (Å²) in [4.78, 5) is 0. The van der Waals surface area contributed by atoms with E-state index in [-0.39, 0.29) is 5.11 Å². The fourth-order valence-corrected chi connectivity index (χ4v) is 1.82. The third-order valence-corrected chi connectivity index (χ3v) is 2.58. The fourth-order valence-electron chi connectivity index (χ4n) is 1.50. The summed E-state index contributed by atoms with van der Waals surface area (Å²) in [5.74, 6) is 1.20. The topological polar surface area (TPSA) is 68.9 Å². The molecule has 18 heavy (non-hydrogen) atoms. The van der Waals surface area contributed by atoms with E-state index in [0.29, 0.717) is 29.7 Å². The monoisotopic (exact) mass is 285 g/mol. The Morgan fingerprint density at radius 1 is 1.44 bits per heavy atom. The van der Waals surface area contributed by atoms with E-state index < -0.39 is 0 Å². The molecule has 5 nitrogen and oxygen atoms in total. The van der Waals surface area contributed by atoms with Crippen molar-refractivity contribution in [2.45, 2.75) is 6.42 Å². The summed E-state index contributed by atoms with van der Waals surface area (Å²) in [7, 11) is 0.